The van der Waals surface area contributed by atoms with Crippen molar-refractivity contribution in [1.82, 2.24) is 0 Å². The molecule has 0 spiro atoms. The molecule has 5 nitrogen and oxygen atoms in total. The molecule has 0 bridgehead atoms. The molecule has 3 atom stereocenters. The van der Waals surface area contributed by atoms with Gasteiger partial charge in [0.05, 0.1) is 25.0 Å². The summed E-state index contributed by atoms with van der Waals surface area (Å²) in [4.78, 5) is 21.5. The van der Waals surface area contributed by atoms with Crippen LogP contribution >= 0.6 is 0 Å². The molecule has 1 saturated heterocycles. The lowest BCUT2D eigenvalue weighted by Gasteiger charge is -2.14. The van der Waals surface area contributed by atoms with Crippen LogP contribution in [0.15, 0.2) is 0 Å². The van der Waals surface area contributed by atoms with Crippen LogP contribution in [0, 0.1) is 0 Å². The fourth-order valence-corrected chi connectivity index (χ4v) is 1.48. The van der Waals surface area contributed by atoms with E-state index in [1.54, 1.807) is 0 Å². The summed E-state index contributed by atoms with van der Waals surface area (Å²) in [6.07, 6.45) is -0.606. The van der Waals surface area contributed by atoms with Gasteiger partial charge in [0.1, 0.15) is 6.10 Å². The predicted molar refractivity (Wildman–Crippen MR) is 51.4 cm³/mol. The number of aliphatic carboxylic acids is 1. The molecule has 0 aromatic carbocycles. The van der Waals surface area contributed by atoms with E-state index >= 15 is 0 Å². The highest BCUT2D eigenvalue weighted by molar-refractivity contribution is 5.76. The van der Waals surface area contributed by atoms with Gasteiger partial charge >= 0.3 is 11.9 Å². The number of esters is 1. The Hall–Kier alpha value is -1.10. The van der Waals surface area contributed by atoms with Crippen molar-refractivity contribution in [2.45, 2.75) is 51.4 Å². The smallest absolute Gasteiger partial charge is 0.306 e. The second-order valence-corrected chi connectivity index (χ2v) is 3.64. The summed E-state index contributed by atoms with van der Waals surface area (Å²) in [6.45, 7) is 1.90. The summed E-state index contributed by atoms with van der Waals surface area (Å²) in [5.74, 6) is -1.56. The molecular weight excluding hydrogens is 200 g/mol. The van der Waals surface area contributed by atoms with Crippen molar-refractivity contribution in [3.8, 4) is 0 Å². The van der Waals surface area contributed by atoms with Crippen LogP contribution in [-0.4, -0.2) is 35.4 Å². The van der Waals surface area contributed by atoms with Gasteiger partial charge in [0.2, 0.25) is 0 Å². The van der Waals surface area contributed by atoms with Crippen molar-refractivity contribution in [2.75, 3.05) is 0 Å². The predicted octanol–water partition coefficient (Wildman–Crippen LogP) is 0.960. The van der Waals surface area contributed by atoms with Crippen molar-refractivity contribution < 1.29 is 25.5 Å². The summed E-state index contributed by atoms with van der Waals surface area (Å²) in [5, 5.41) is 8.40. The molecule has 1 rings (SSSR count). The zero-order valence-electron chi connectivity index (χ0n) is 9.64. The lowest BCUT2D eigenvalue weighted by atomic mass is 10.1. The van der Waals surface area contributed by atoms with Crippen LogP contribution in [0.1, 0.15) is 34.5 Å². The number of carboxylic acids is 1. The largest absolute Gasteiger partial charge is 0.481 e. The van der Waals surface area contributed by atoms with Crippen molar-refractivity contribution in [3.05, 3.63) is 0 Å². The molecule has 0 aromatic rings. The Morgan fingerprint density at radius 1 is 1.60 bits per heavy atom. The summed E-state index contributed by atoms with van der Waals surface area (Å²) in [5.41, 5.74) is 0. The zero-order valence-corrected chi connectivity index (χ0v) is 8.64. The van der Waals surface area contributed by atoms with E-state index in [4.69, 9.17) is 16.0 Å². The highest BCUT2D eigenvalue weighted by Gasteiger charge is 2.32. The average molecular weight is 217 g/mol. The van der Waals surface area contributed by atoms with Crippen LogP contribution in [-0.2, 0) is 19.1 Å². The average Bonchev–Trinajstić information content (AvgIpc) is 2.55. The Bertz CT molecular complexity index is 268. The molecule has 5 heteroatoms. The van der Waals surface area contributed by atoms with Crippen LogP contribution in [0.2, 0.25) is 0 Å². The van der Waals surface area contributed by atoms with Gasteiger partial charge in [0.15, 0.2) is 0 Å². The van der Waals surface area contributed by atoms with Gasteiger partial charge in [0, 0.05) is 7.79 Å². The van der Waals surface area contributed by atoms with Gasteiger partial charge in [-0.3, -0.25) is 9.59 Å². The van der Waals surface area contributed by atoms with E-state index in [0.29, 0.717) is 6.42 Å². The molecule has 0 amide bonds. The van der Waals surface area contributed by atoms with Gasteiger partial charge in [-0.1, -0.05) is 0 Å². The SMILES string of the molecule is [2H]C[C@H]1O[C@@H](C)CC1OC(=O)CCC(=O)O. The number of hydrogen-bond donors (Lipinski definition) is 1. The zero-order chi connectivity index (χ0) is 12.1. The first kappa shape index (κ1) is 10.4. The minimum atomic E-state index is -1.02. The van der Waals surface area contributed by atoms with E-state index in [1.807, 2.05) is 6.92 Å². The van der Waals surface area contributed by atoms with Gasteiger partial charge in [0.25, 0.3) is 0 Å². The maximum Gasteiger partial charge on any atom is 0.306 e. The molecule has 1 unspecified atom stereocenters. The van der Waals surface area contributed by atoms with E-state index in [2.05, 4.69) is 0 Å². The van der Waals surface area contributed by atoms with Crippen LogP contribution in [0.25, 0.3) is 0 Å². The molecule has 0 radical (unpaired) electrons. The van der Waals surface area contributed by atoms with Crippen LogP contribution < -0.4 is 0 Å². The normalized spacial score (nSPS) is 31.0. The maximum atomic E-state index is 11.3. The van der Waals surface area contributed by atoms with E-state index in [9.17, 15) is 9.59 Å². The van der Waals surface area contributed by atoms with Gasteiger partial charge in [-0.15, -0.1) is 0 Å². The van der Waals surface area contributed by atoms with Crippen molar-refractivity contribution in [1.29, 1.82) is 0 Å². The molecule has 1 aliphatic rings. The van der Waals surface area contributed by atoms with Crippen LogP contribution in [0.5, 0.6) is 0 Å². The second-order valence-electron chi connectivity index (χ2n) is 3.64. The molecular formula is C10H16O5. The lowest BCUT2D eigenvalue weighted by molar-refractivity contribution is -0.153. The standard InChI is InChI=1S/C10H16O5/c1-6-5-8(7(2)14-6)15-10(13)4-3-9(11)12/h6-8H,3-5H2,1-2H3,(H,11,12)/t6-,7+,8?/m0/s1/i2D. The lowest BCUT2D eigenvalue weighted by Crippen LogP contribution is -2.24. The number of carbonyl (C=O) groups excluding carboxylic acids is 1. The minimum absolute atomic E-state index is 0.0207. The molecule has 1 aliphatic heterocycles. The number of carbonyl (C=O) groups is 2. The first-order valence-electron chi connectivity index (χ1n) is 5.59. The number of ether oxygens (including phenoxy) is 2. The fraction of sp³-hybridized carbons (Fsp3) is 0.800. The van der Waals surface area contributed by atoms with E-state index in [-0.39, 0.29) is 31.9 Å². The first-order chi connectivity index (χ1) is 7.52. The number of hydrogen-bond acceptors (Lipinski definition) is 4. The van der Waals surface area contributed by atoms with E-state index in [0.717, 1.165) is 0 Å². The summed E-state index contributed by atoms with van der Waals surface area (Å²) >= 11 is 0. The van der Waals surface area contributed by atoms with Gasteiger partial charge < -0.3 is 14.6 Å². The fourth-order valence-electron chi connectivity index (χ4n) is 1.48. The Labute approximate surface area is 89.8 Å². The Kier molecular flexibility index (Phi) is 3.55. The monoisotopic (exact) mass is 217 g/mol. The summed E-state index contributed by atoms with van der Waals surface area (Å²) < 4.78 is 17.7. The summed E-state index contributed by atoms with van der Waals surface area (Å²) in [7, 11) is 0. The van der Waals surface area contributed by atoms with Gasteiger partial charge in [-0.05, 0) is 13.8 Å². The summed E-state index contributed by atoms with van der Waals surface area (Å²) in [6, 6.07) is 0. The molecule has 0 aromatic heterocycles. The molecule has 0 aliphatic carbocycles. The highest BCUT2D eigenvalue weighted by Crippen LogP contribution is 2.22. The molecule has 0 saturated carbocycles. The highest BCUT2D eigenvalue weighted by atomic mass is 16.6. The van der Waals surface area contributed by atoms with Crippen LogP contribution in [0.4, 0.5) is 0 Å². The van der Waals surface area contributed by atoms with Crippen molar-refractivity contribution >= 4 is 11.9 Å². The molecule has 86 valence electrons. The van der Waals surface area contributed by atoms with Crippen molar-refractivity contribution in [2.24, 2.45) is 0 Å². The van der Waals surface area contributed by atoms with Crippen LogP contribution in [0.3, 0.4) is 0 Å². The van der Waals surface area contributed by atoms with E-state index < -0.39 is 18.0 Å². The third kappa shape index (κ3) is 3.87. The Morgan fingerprint density at radius 3 is 2.93 bits per heavy atom. The first-order valence-corrected chi connectivity index (χ1v) is 4.89. The van der Waals surface area contributed by atoms with Gasteiger partial charge in [-0.2, -0.15) is 0 Å². The molecule has 1 fully saturated rings. The molecule has 15 heavy (non-hydrogen) atoms. The molecule has 1 N–H and O–H groups in total. The third-order valence-electron chi connectivity index (χ3n) is 2.21. The minimum Gasteiger partial charge on any atom is -0.481 e. The number of rotatable bonds is 4. The second kappa shape index (κ2) is 5.11. The Balaban J connectivity index is 2.35. The Morgan fingerprint density at radius 2 is 2.33 bits per heavy atom. The maximum absolute atomic E-state index is 11.3. The topological polar surface area (TPSA) is 72.8 Å². The van der Waals surface area contributed by atoms with Gasteiger partial charge in [-0.25, -0.2) is 0 Å². The quantitative estimate of drug-likeness (QED) is 0.710. The molecule has 1 heterocycles. The van der Waals surface area contributed by atoms with E-state index in [1.165, 1.54) is 0 Å². The van der Waals surface area contributed by atoms with Crippen molar-refractivity contribution in [3.63, 3.8) is 0 Å². The third-order valence-corrected chi connectivity index (χ3v) is 2.21. The number of carboxylic acid groups (broad SMARTS) is 1.